The molecule has 1 fully saturated rings. The number of methoxy groups -OCH3 is 2. The largest absolute Gasteiger partial charge is 0.383 e. The van der Waals surface area contributed by atoms with Crippen LogP contribution in [0.1, 0.15) is 22.5 Å². The van der Waals surface area contributed by atoms with Gasteiger partial charge in [0.05, 0.1) is 18.8 Å². The lowest BCUT2D eigenvalue weighted by Gasteiger charge is -2.23. The molecule has 0 saturated carbocycles. The predicted octanol–water partition coefficient (Wildman–Crippen LogP) is 1.20. The lowest BCUT2D eigenvalue weighted by atomic mass is 10.2. The third-order valence-electron chi connectivity index (χ3n) is 3.50. The van der Waals surface area contributed by atoms with E-state index in [1.54, 1.807) is 20.4 Å². The summed E-state index contributed by atoms with van der Waals surface area (Å²) in [4.78, 5) is 17.3. The van der Waals surface area contributed by atoms with Crippen molar-refractivity contribution < 1.29 is 14.3 Å². The molecule has 1 aliphatic heterocycles. The van der Waals surface area contributed by atoms with Crippen LogP contribution in [-0.2, 0) is 9.47 Å². The molecule has 0 spiro atoms. The number of carbonyl (C=O) groups excluding carboxylic acids is 1. The van der Waals surface area contributed by atoms with Crippen LogP contribution in [0.4, 0.5) is 0 Å². The van der Waals surface area contributed by atoms with E-state index in [0.29, 0.717) is 18.8 Å². The first-order valence-electron chi connectivity index (χ1n) is 6.14. The van der Waals surface area contributed by atoms with Crippen molar-refractivity contribution in [2.45, 2.75) is 25.5 Å². The average Bonchev–Trinajstić information content (AvgIpc) is 2.95. The number of ether oxygens (including phenoxy) is 2. The van der Waals surface area contributed by atoms with E-state index in [2.05, 4.69) is 4.98 Å². The quantitative estimate of drug-likeness (QED) is 0.876. The zero-order valence-electron chi connectivity index (χ0n) is 11.1. The van der Waals surface area contributed by atoms with E-state index in [1.165, 1.54) is 0 Å². The van der Waals surface area contributed by atoms with E-state index in [1.807, 2.05) is 17.9 Å². The van der Waals surface area contributed by atoms with Crippen LogP contribution in [0.2, 0.25) is 0 Å². The first-order chi connectivity index (χ1) is 8.67. The van der Waals surface area contributed by atoms with Gasteiger partial charge in [0.25, 0.3) is 5.91 Å². The number of nitrogens with one attached hydrogen (secondary N) is 1. The van der Waals surface area contributed by atoms with Crippen molar-refractivity contribution in [3.63, 3.8) is 0 Å². The summed E-state index contributed by atoms with van der Waals surface area (Å²) in [7, 11) is 3.34. The van der Waals surface area contributed by atoms with Gasteiger partial charge in [-0.1, -0.05) is 0 Å². The summed E-state index contributed by atoms with van der Waals surface area (Å²) in [5, 5.41) is 0. The van der Waals surface area contributed by atoms with Gasteiger partial charge in [-0.3, -0.25) is 4.79 Å². The second-order valence-corrected chi connectivity index (χ2v) is 4.70. The zero-order valence-corrected chi connectivity index (χ0v) is 11.1. The molecule has 1 aromatic rings. The van der Waals surface area contributed by atoms with Crippen molar-refractivity contribution in [2.24, 2.45) is 0 Å². The Balaban J connectivity index is 2.15. The second kappa shape index (κ2) is 5.54. The minimum absolute atomic E-state index is 0.0269. The van der Waals surface area contributed by atoms with Crippen LogP contribution in [-0.4, -0.2) is 55.3 Å². The molecule has 1 N–H and O–H groups in total. The molecule has 100 valence electrons. The Morgan fingerprint density at radius 1 is 1.56 bits per heavy atom. The first-order valence-corrected chi connectivity index (χ1v) is 6.14. The van der Waals surface area contributed by atoms with Gasteiger partial charge >= 0.3 is 0 Å². The Hall–Kier alpha value is -1.33. The molecule has 1 saturated heterocycles. The Labute approximate surface area is 107 Å². The summed E-state index contributed by atoms with van der Waals surface area (Å²) in [6.07, 6.45) is 2.72. The molecule has 0 radical (unpaired) electrons. The van der Waals surface area contributed by atoms with Crippen LogP contribution in [0.25, 0.3) is 0 Å². The summed E-state index contributed by atoms with van der Waals surface area (Å²) in [6, 6.07) is 2.00. The molecule has 18 heavy (non-hydrogen) atoms. The number of hydrogen-bond acceptors (Lipinski definition) is 3. The average molecular weight is 252 g/mol. The molecule has 5 heteroatoms. The summed E-state index contributed by atoms with van der Waals surface area (Å²) in [5.41, 5.74) is 1.63. The minimum Gasteiger partial charge on any atom is -0.383 e. The van der Waals surface area contributed by atoms with Crippen LogP contribution < -0.4 is 0 Å². The first kappa shape index (κ1) is 13.1. The summed E-state index contributed by atoms with van der Waals surface area (Å²) >= 11 is 0. The number of nitrogens with zero attached hydrogens (tertiary/aromatic N) is 1. The van der Waals surface area contributed by atoms with E-state index in [4.69, 9.17) is 9.47 Å². The molecule has 0 bridgehead atoms. The normalized spacial score (nSPS) is 23.6. The molecule has 2 rings (SSSR count). The lowest BCUT2D eigenvalue weighted by molar-refractivity contribution is 0.0606. The minimum atomic E-state index is 0.0269. The maximum atomic E-state index is 12.5. The molecule has 5 nitrogen and oxygen atoms in total. The van der Waals surface area contributed by atoms with Crippen LogP contribution >= 0.6 is 0 Å². The van der Waals surface area contributed by atoms with Gasteiger partial charge in [0.2, 0.25) is 0 Å². The fourth-order valence-corrected chi connectivity index (χ4v) is 2.46. The lowest BCUT2D eigenvalue weighted by Crippen LogP contribution is -2.38. The van der Waals surface area contributed by atoms with Gasteiger partial charge in [0.1, 0.15) is 5.69 Å². The highest BCUT2D eigenvalue weighted by Crippen LogP contribution is 2.23. The molecular weight excluding hydrogens is 232 g/mol. The van der Waals surface area contributed by atoms with E-state index in [9.17, 15) is 4.79 Å². The van der Waals surface area contributed by atoms with E-state index in [0.717, 1.165) is 12.0 Å². The van der Waals surface area contributed by atoms with Crippen LogP contribution in [0.15, 0.2) is 12.3 Å². The molecule has 0 aromatic carbocycles. The number of aryl methyl sites for hydroxylation is 1. The number of amides is 1. The highest BCUT2D eigenvalue weighted by atomic mass is 16.5. The van der Waals surface area contributed by atoms with E-state index in [-0.39, 0.29) is 18.1 Å². The number of carbonyl (C=O) groups is 1. The van der Waals surface area contributed by atoms with Crippen molar-refractivity contribution in [3.8, 4) is 0 Å². The fourth-order valence-electron chi connectivity index (χ4n) is 2.46. The van der Waals surface area contributed by atoms with Crippen LogP contribution in [0.5, 0.6) is 0 Å². The SMILES string of the molecule is COC[C@@H]1C[C@@H](OC)CN1C(=O)c1[nH]ccc1C. The Morgan fingerprint density at radius 2 is 2.33 bits per heavy atom. The standard InChI is InChI=1S/C13H20N2O3/c1-9-4-5-14-12(9)13(16)15-7-11(18-3)6-10(15)8-17-2/h4-5,10-11,14H,6-8H2,1-3H3/t10-,11+/m0/s1. The van der Waals surface area contributed by atoms with Gasteiger partial charge < -0.3 is 19.4 Å². The number of rotatable bonds is 4. The van der Waals surface area contributed by atoms with Crippen molar-refractivity contribution in [1.82, 2.24) is 9.88 Å². The number of H-pyrrole nitrogens is 1. The third kappa shape index (κ3) is 2.42. The summed E-state index contributed by atoms with van der Waals surface area (Å²) < 4.78 is 10.5. The smallest absolute Gasteiger partial charge is 0.270 e. The second-order valence-electron chi connectivity index (χ2n) is 4.70. The number of aromatic nitrogens is 1. The molecule has 2 atom stereocenters. The number of hydrogen-bond donors (Lipinski definition) is 1. The van der Waals surface area contributed by atoms with Gasteiger partial charge in [0.15, 0.2) is 0 Å². The Bertz CT molecular complexity index is 416. The van der Waals surface area contributed by atoms with Gasteiger partial charge in [-0.15, -0.1) is 0 Å². The molecule has 1 aliphatic rings. The monoisotopic (exact) mass is 252 g/mol. The van der Waals surface area contributed by atoms with Crippen LogP contribution in [0.3, 0.4) is 0 Å². The Morgan fingerprint density at radius 3 is 2.89 bits per heavy atom. The fraction of sp³-hybridized carbons (Fsp3) is 0.615. The number of aromatic amines is 1. The molecule has 1 aromatic heterocycles. The van der Waals surface area contributed by atoms with Crippen LogP contribution in [0, 0.1) is 6.92 Å². The predicted molar refractivity (Wildman–Crippen MR) is 67.6 cm³/mol. The van der Waals surface area contributed by atoms with Crippen molar-refractivity contribution in [3.05, 3.63) is 23.5 Å². The molecule has 0 aliphatic carbocycles. The van der Waals surface area contributed by atoms with Crippen molar-refractivity contribution in [1.29, 1.82) is 0 Å². The maximum absolute atomic E-state index is 12.5. The van der Waals surface area contributed by atoms with E-state index >= 15 is 0 Å². The molecule has 2 heterocycles. The van der Waals surface area contributed by atoms with Gasteiger partial charge in [-0.25, -0.2) is 0 Å². The molecule has 1 amide bonds. The third-order valence-corrected chi connectivity index (χ3v) is 3.50. The van der Waals surface area contributed by atoms with Gasteiger partial charge in [0, 0.05) is 27.0 Å². The highest BCUT2D eigenvalue weighted by Gasteiger charge is 2.36. The molecule has 0 unspecified atom stereocenters. The van der Waals surface area contributed by atoms with Gasteiger partial charge in [-0.05, 0) is 25.0 Å². The maximum Gasteiger partial charge on any atom is 0.270 e. The highest BCUT2D eigenvalue weighted by molar-refractivity contribution is 5.94. The topological polar surface area (TPSA) is 54.6 Å². The summed E-state index contributed by atoms with van der Waals surface area (Å²) in [6.45, 7) is 3.10. The van der Waals surface area contributed by atoms with Crippen molar-refractivity contribution >= 4 is 5.91 Å². The molecular formula is C13H20N2O3. The zero-order chi connectivity index (χ0) is 13.1. The van der Waals surface area contributed by atoms with Crippen molar-refractivity contribution in [2.75, 3.05) is 27.4 Å². The summed E-state index contributed by atoms with van der Waals surface area (Å²) in [5.74, 6) is 0.0269. The van der Waals surface area contributed by atoms with E-state index < -0.39 is 0 Å². The van der Waals surface area contributed by atoms with Gasteiger partial charge in [-0.2, -0.15) is 0 Å². The number of likely N-dealkylation sites (tertiary alicyclic amines) is 1. The Kier molecular flexibility index (Phi) is 4.04.